The Morgan fingerprint density at radius 3 is 2.86 bits per heavy atom. The van der Waals surface area contributed by atoms with E-state index < -0.39 is 0 Å². The summed E-state index contributed by atoms with van der Waals surface area (Å²) in [6.45, 7) is 1.54. The van der Waals surface area contributed by atoms with Crippen molar-refractivity contribution in [2.75, 3.05) is 18.0 Å². The van der Waals surface area contributed by atoms with Gasteiger partial charge in [0.1, 0.15) is 18.2 Å². The van der Waals surface area contributed by atoms with Crippen LogP contribution in [-0.2, 0) is 0 Å². The highest BCUT2D eigenvalue weighted by Gasteiger charge is 2.26. The third-order valence-corrected chi connectivity index (χ3v) is 5.58. The molecule has 1 saturated carbocycles. The van der Waals surface area contributed by atoms with Gasteiger partial charge < -0.3 is 15.0 Å². The van der Waals surface area contributed by atoms with Gasteiger partial charge in [-0.2, -0.15) is 4.52 Å². The van der Waals surface area contributed by atoms with Crippen LogP contribution < -0.4 is 15.0 Å². The van der Waals surface area contributed by atoms with Crippen LogP contribution in [0.25, 0.3) is 5.65 Å². The summed E-state index contributed by atoms with van der Waals surface area (Å²) in [7, 11) is 0. The van der Waals surface area contributed by atoms with Crippen molar-refractivity contribution >= 4 is 17.4 Å². The minimum Gasteiger partial charge on any atom is -0.474 e. The van der Waals surface area contributed by atoms with Gasteiger partial charge >= 0.3 is 0 Å². The summed E-state index contributed by atoms with van der Waals surface area (Å²) in [6.07, 6.45) is 8.90. The Morgan fingerprint density at radius 1 is 1.14 bits per heavy atom. The molecule has 0 spiro atoms. The van der Waals surface area contributed by atoms with Gasteiger partial charge in [0.2, 0.25) is 5.88 Å². The zero-order valence-electron chi connectivity index (χ0n) is 16.1. The summed E-state index contributed by atoms with van der Waals surface area (Å²) in [5.41, 5.74) is 1.26. The number of fused-ring (bicyclic) bond motifs is 1. The standard InChI is InChI=1S/C20H23N7O2/c28-20(14-5-8-19(21-11-14)29-16-3-1-2-4-16)23-15-9-10-26(12-15)18-7-6-17-24-22-13-27(17)25-18/h5-8,11,13,15-16H,1-4,9-10,12H2,(H,23,28)/t15-/m0/s1. The van der Waals surface area contributed by atoms with Gasteiger partial charge in [-0.15, -0.1) is 15.3 Å². The van der Waals surface area contributed by atoms with E-state index in [0.717, 1.165) is 31.6 Å². The normalized spacial score (nSPS) is 19.7. The Labute approximate surface area is 168 Å². The monoisotopic (exact) mass is 393 g/mol. The molecule has 1 aliphatic carbocycles. The predicted molar refractivity (Wildman–Crippen MR) is 106 cm³/mol. The largest absolute Gasteiger partial charge is 0.474 e. The lowest BCUT2D eigenvalue weighted by Gasteiger charge is -2.18. The van der Waals surface area contributed by atoms with Crippen molar-refractivity contribution in [2.24, 2.45) is 0 Å². The maximum absolute atomic E-state index is 12.6. The lowest BCUT2D eigenvalue weighted by molar-refractivity contribution is 0.0940. The summed E-state index contributed by atoms with van der Waals surface area (Å²) in [4.78, 5) is 19.1. The smallest absolute Gasteiger partial charge is 0.253 e. The zero-order chi connectivity index (χ0) is 19.6. The molecule has 0 unspecified atom stereocenters. The molecule has 1 aliphatic heterocycles. The Kier molecular flexibility index (Phi) is 4.71. The number of carbonyl (C=O) groups excluding carboxylic acids is 1. The summed E-state index contributed by atoms with van der Waals surface area (Å²) < 4.78 is 7.52. The molecule has 150 valence electrons. The second kappa shape index (κ2) is 7.65. The second-order valence-electron chi connectivity index (χ2n) is 7.64. The lowest BCUT2D eigenvalue weighted by Crippen LogP contribution is -2.37. The number of carbonyl (C=O) groups is 1. The van der Waals surface area contributed by atoms with E-state index in [2.05, 4.69) is 30.5 Å². The third kappa shape index (κ3) is 3.85. The van der Waals surface area contributed by atoms with Crippen LogP contribution in [0, 0.1) is 0 Å². The van der Waals surface area contributed by atoms with E-state index in [1.165, 1.54) is 12.8 Å². The molecular formula is C20H23N7O2. The van der Waals surface area contributed by atoms with Gasteiger partial charge in [0.15, 0.2) is 5.65 Å². The average molecular weight is 393 g/mol. The van der Waals surface area contributed by atoms with Gasteiger partial charge in [0.05, 0.1) is 5.56 Å². The fourth-order valence-electron chi connectivity index (χ4n) is 4.00. The highest BCUT2D eigenvalue weighted by atomic mass is 16.5. The molecule has 9 nitrogen and oxygen atoms in total. The van der Waals surface area contributed by atoms with Crippen molar-refractivity contribution < 1.29 is 9.53 Å². The Bertz CT molecular complexity index is 997. The molecule has 2 aliphatic rings. The van der Waals surface area contributed by atoms with Crippen molar-refractivity contribution in [2.45, 2.75) is 44.2 Å². The molecule has 0 aromatic carbocycles. The Hall–Kier alpha value is -3.23. The topological polar surface area (TPSA) is 97.5 Å². The predicted octanol–water partition coefficient (Wildman–Crippen LogP) is 1.85. The minimum atomic E-state index is -0.112. The van der Waals surface area contributed by atoms with Crippen LogP contribution in [0.3, 0.4) is 0 Å². The summed E-state index contributed by atoms with van der Waals surface area (Å²) in [5, 5.41) is 15.4. The SMILES string of the molecule is O=C(N[C@H]1CCN(c2ccc3nncn3n2)C1)c1ccc(OC2CCCC2)nc1. The molecule has 0 radical (unpaired) electrons. The lowest BCUT2D eigenvalue weighted by atomic mass is 10.2. The molecule has 9 heteroatoms. The summed E-state index contributed by atoms with van der Waals surface area (Å²) in [5.74, 6) is 1.33. The van der Waals surface area contributed by atoms with E-state index in [9.17, 15) is 4.79 Å². The first-order chi connectivity index (χ1) is 14.2. The Balaban J connectivity index is 1.17. The van der Waals surface area contributed by atoms with Crippen LogP contribution in [0.1, 0.15) is 42.5 Å². The van der Waals surface area contributed by atoms with E-state index >= 15 is 0 Å². The number of nitrogens with one attached hydrogen (secondary N) is 1. The number of hydrogen-bond donors (Lipinski definition) is 1. The molecule has 5 rings (SSSR count). The number of amides is 1. The van der Waals surface area contributed by atoms with Crippen LogP contribution in [-0.4, -0.2) is 55.9 Å². The fourth-order valence-corrected chi connectivity index (χ4v) is 4.00. The van der Waals surface area contributed by atoms with Crippen molar-refractivity contribution in [1.82, 2.24) is 30.1 Å². The zero-order valence-corrected chi connectivity index (χ0v) is 16.1. The number of ether oxygens (including phenoxy) is 1. The van der Waals surface area contributed by atoms with Crippen molar-refractivity contribution in [3.05, 3.63) is 42.4 Å². The van der Waals surface area contributed by atoms with Crippen LogP contribution in [0.2, 0.25) is 0 Å². The number of hydrogen-bond acceptors (Lipinski definition) is 7. The van der Waals surface area contributed by atoms with Crippen molar-refractivity contribution in [1.29, 1.82) is 0 Å². The number of aromatic nitrogens is 5. The van der Waals surface area contributed by atoms with Gasteiger partial charge in [-0.05, 0) is 50.3 Å². The first kappa shape index (κ1) is 17.8. The van der Waals surface area contributed by atoms with Gasteiger partial charge in [-0.25, -0.2) is 4.98 Å². The third-order valence-electron chi connectivity index (χ3n) is 5.58. The van der Waals surface area contributed by atoms with Crippen LogP contribution >= 0.6 is 0 Å². The molecule has 3 aromatic rings. The summed E-state index contributed by atoms with van der Waals surface area (Å²) >= 11 is 0. The molecule has 3 aromatic heterocycles. The van der Waals surface area contributed by atoms with E-state index in [1.807, 2.05) is 12.1 Å². The van der Waals surface area contributed by atoms with E-state index in [-0.39, 0.29) is 18.1 Å². The quantitative estimate of drug-likeness (QED) is 0.706. The van der Waals surface area contributed by atoms with E-state index in [1.54, 1.807) is 29.2 Å². The van der Waals surface area contributed by atoms with E-state index in [0.29, 0.717) is 23.6 Å². The summed E-state index contributed by atoms with van der Waals surface area (Å²) in [6, 6.07) is 7.45. The van der Waals surface area contributed by atoms with Gasteiger partial charge in [-0.1, -0.05) is 0 Å². The molecule has 4 heterocycles. The molecular weight excluding hydrogens is 370 g/mol. The Morgan fingerprint density at radius 2 is 2.03 bits per heavy atom. The number of rotatable bonds is 5. The molecule has 29 heavy (non-hydrogen) atoms. The van der Waals surface area contributed by atoms with Crippen molar-refractivity contribution in [3.63, 3.8) is 0 Å². The van der Waals surface area contributed by atoms with Crippen LogP contribution in [0.4, 0.5) is 5.82 Å². The molecule has 1 saturated heterocycles. The maximum atomic E-state index is 12.6. The minimum absolute atomic E-state index is 0.0651. The number of pyridine rings is 1. The van der Waals surface area contributed by atoms with Gasteiger partial charge in [-0.3, -0.25) is 4.79 Å². The highest BCUT2D eigenvalue weighted by Crippen LogP contribution is 2.23. The first-order valence-electron chi connectivity index (χ1n) is 10.1. The maximum Gasteiger partial charge on any atom is 0.253 e. The van der Waals surface area contributed by atoms with Crippen LogP contribution in [0.5, 0.6) is 5.88 Å². The van der Waals surface area contributed by atoms with Gasteiger partial charge in [0.25, 0.3) is 5.91 Å². The molecule has 1 amide bonds. The number of nitrogens with zero attached hydrogens (tertiary/aromatic N) is 6. The second-order valence-corrected chi connectivity index (χ2v) is 7.64. The fraction of sp³-hybridized carbons (Fsp3) is 0.450. The average Bonchev–Trinajstić information content (AvgIpc) is 3.50. The first-order valence-corrected chi connectivity index (χ1v) is 10.1. The molecule has 2 fully saturated rings. The highest BCUT2D eigenvalue weighted by molar-refractivity contribution is 5.94. The van der Waals surface area contributed by atoms with E-state index in [4.69, 9.17) is 4.74 Å². The van der Waals surface area contributed by atoms with Gasteiger partial charge in [0, 0.05) is 31.4 Å². The molecule has 1 N–H and O–H groups in total. The van der Waals surface area contributed by atoms with Crippen LogP contribution in [0.15, 0.2) is 36.8 Å². The molecule has 0 bridgehead atoms. The number of anilines is 1. The molecule has 1 atom stereocenters. The van der Waals surface area contributed by atoms with Crippen molar-refractivity contribution in [3.8, 4) is 5.88 Å².